The van der Waals surface area contributed by atoms with E-state index in [1.807, 2.05) is 0 Å². The number of fused-ring (bicyclic) bond motifs is 1. The van der Waals surface area contributed by atoms with Gasteiger partial charge in [0.1, 0.15) is 12.3 Å². The maximum Gasteiger partial charge on any atom is 0.232 e. The average Bonchev–Trinajstić information content (AvgIpc) is 3.54. The molecule has 1 aromatic heterocycles. The molecule has 0 saturated heterocycles. The lowest BCUT2D eigenvalue weighted by Crippen LogP contribution is -2.38. The molecule has 7 nitrogen and oxygen atoms in total. The monoisotopic (exact) mass is 500 g/mol. The fourth-order valence-electron chi connectivity index (χ4n) is 4.59. The number of methoxy groups -OCH3 is 1. The summed E-state index contributed by atoms with van der Waals surface area (Å²) in [6.07, 6.45) is 3.74. The van der Waals surface area contributed by atoms with Crippen molar-refractivity contribution in [1.29, 1.82) is 0 Å². The molecule has 1 aliphatic carbocycles. The molecule has 0 radical (unpaired) electrons. The largest absolute Gasteiger partial charge is 0.476 e. The Morgan fingerprint density at radius 2 is 2.11 bits per heavy atom. The number of Topliss-reactive ketones (excluding diaryl/α,β-unsaturated/α-hetero) is 1. The van der Waals surface area contributed by atoms with Crippen LogP contribution in [0.25, 0.3) is 0 Å². The van der Waals surface area contributed by atoms with Crippen LogP contribution in [0.2, 0.25) is 0 Å². The van der Waals surface area contributed by atoms with Crippen LogP contribution in [0.5, 0.6) is 5.88 Å². The van der Waals surface area contributed by atoms with Crippen LogP contribution in [-0.4, -0.2) is 46.0 Å². The molecular weight excluding hydrogens is 474 g/mol. The normalized spacial score (nSPS) is 24.6. The zero-order valence-corrected chi connectivity index (χ0v) is 20.5. The molecule has 2 aliphatic rings. The standard InChI is InChI=1S/C25H26F2N4O3S/c1-4-5-6-7-34-21-13-29-18(12-30-21)19(32)10-15-8-16(22(27)17(26)9-15)24(2)20-11-25(20,14-33-3)35-23(28)31-24/h8-9,12-13,20H,6-7,10-11,14H2,1-3H3,(H2,28,31)/t20-,24+,25+/m0/s1. The minimum Gasteiger partial charge on any atom is -0.476 e. The second kappa shape index (κ2) is 9.91. The van der Waals surface area contributed by atoms with Gasteiger partial charge < -0.3 is 15.2 Å². The summed E-state index contributed by atoms with van der Waals surface area (Å²) in [4.78, 5) is 25.5. The third kappa shape index (κ3) is 5.02. The first-order chi connectivity index (χ1) is 16.7. The number of aliphatic imine (C=N–C) groups is 1. The van der Waals surface area contributed by atoms with Crippen molar-refractivity contribution < 1.29 is 23.0 Å². The molecule has 1 aliphatic heterocycles. The number of nitrogens with two attached hydrogens (primary N) is 1. The highest BCUT2D eigenvalue weighted by Gasteiger charge is 2.66. The van der Waals surface area contributed by atoms with Gasteiger partial charge in [-0.05, 0) is 38.0 Å². The molecule has 0 unspecified atom stereocenters. The first-order valence-electron chi connectivity index (χ1n) is 11.1. The molecule has 0 amide bonds. The van der Waals surface area contributed by atoms with Crippen molar-refractivity contribution in [3.05, 3.63) is 53.0 Å². The molecule has 0 spiro atoms. The number of hydrogen-bond acceptors (Lipinski definition) is 8. The molecule has 3 atom stereocenters. The van der Waals surface area contributed by atoms with Gasteiger partial charge in [-0.1, -0.05) is 11.8 Å². The van der Waals surface area contributed by atoms with Gasteiger partial charge in [0.2, 0.25) is 5.88 Å². The van der Waals surface area contributed by atoms with Gasteiger partial charge in [-0.25, -0.2) is 18.7 Å². The number of aromatic nitrogens is 2. The van der Waals surface area contributed by atoms with E-state index < -0.39 is 17.2 Å². The second-order valence-electron chi connectivity index (χ2n) is 8.76. The topological polar surface area (TPSA) is 99.7 Å². The number of benzene rings is 1. The van der Waals surface area contributed by atoms with E-state index in [0.717, 1.165) is 6.07 Å². The summed E-state index contributed by atoms with van der Waals surface area (Å²) < 4.78 is 40.2. The van der Waals surface area contributed by atoms with Crippen LogP contribution >= 0.6 is 11.8 Å². The predicted octanol–water partition coefficient (Wildman–Crippen LogP) is 3.65. The number of amidine groups is 1. The molecule has 1 fully saturated rings. The van der Waals surface area contributed by atoms with E-state index in [-0.39, 0.29) is 40.0 Å². The molecule has 35 heavy (non-hydrogen) atoms. The molecule has 1 aromatic carbocycles. The molecule has 4 rings (SSSR count). The molecule has 2 heterocycles. The predicted molar refractivity (Wildman–Crippen MR) is 129 cm³/mol. The minimum atomic E-state index is -1.07. The van der Waals surface area contributed by atoms with Crippen molar-refractivity contribution in [1.82, 2.24) is 9.97 Å². The maximum absolute atomic E-state index is 15.0. The van der Waals surface area contributed by atoms with E-state index >= 15 is 4.39 Å². The fourth-order valence-corrected chi connectivity index (χ4v) is 6.04. The highest BCUT2D eigenvalue weighted by atomic mass is 32.2. The lowest BCUT2D eigenvalue weighted by Gasteiger charge is -2.34. The van der Waals surface area contributed by atoms with Crippen LogP contribution in [0.15, 0.2) is 29.5 Å². The van der Waals surface area contributed by atoms with E-state index in [1.54, 1.807) is 21.0 Å². The van der Waals surface area contributed by atoms with Gasteiger partial charge in [0.25, 0.3) is 0 Å². The molecule has 1 saturated carbocycles. The van der Waals surface area contributed by atoms with Crippen molar-refractivity contribution in [2.24, 2.45) is 16.6 Å². The Hall–Kier alpha value is -3.03. The molecular formula is C25H26F2N4O3S. The smallest absolute Gasteiger partial charge is 0.232 e. The summed E-state index contributed by atoms with van der Waals surface area (Å²) in [6.45, 7) is 4.29. The number of carbonyl (C=O) groups excluding carboxylic acids is 1. The van der Waals surface area contributed by atoms with Crippen LogP contribution in [0.1, 0.15) is 48.3 Å². The first-order valence-corrected chi connectivity index (χ1v) is 11.9. The Labute approximate surface area is 206 Å². The van der Waals surface area contributed by atoms with Gasteiger partial charge >= 0.3 is 0 Å². The molecule has 0 bridgehead atoms. The van der Waals surface area contributed by atoms with E-state index in [2.05, 4.69) is 26.8 Å². The lowest BCUT2D eigenvalue weighted by atomic mass is 9.84. The SMILES string of the molecule is CC#CCCOc1cnc(C(=O)Cc2cc(F)c(F)c([C@@]3(C)N=C(N)S[C@@]4(COC)C[C@H]43)c2)cn1. The summed E-state index contributed by atoms with van der Waals surface area (Å²) in [5.41, 5.74) is 5.50. The Morgan fingerprint density at radius 3 is 2.80 bits per heavy atom. The van der Waals surface area contributed by atoms with Crippen LogP contribution in [0.4, 0.5) is 8.78 Å². The summed E-state index contributed by atoms with van der Waals surface area (Å²) >= 11 is 1.42. The van der Waals surface area contributed by atoms with Gasteiger partial charge in [0.15, 0.2) is 22.6 Å². The fraction of sp³-hybridized carbons (Fsp3) is 0.440. The van der Waals surface area contributed by atoms with Gasteiger partial charge in [-0.3, -0.25) is 9.79 Å². The second-order valence-corrected chi connectivity index (χ2v) is 10.2. The Bertz CT molecular complexity index is 1230. The number of ketones is 1. The number of halogens is 2. The first kappa shape index (κ1) is 25.1. The number of nitrogens with zero attached hydrogens (tertiary/aromatic N) is 3. The number of hydrogen-bond donors (Lipinski definition) is 1. The van der Waals surface area contributed by atoms with Crippen LogP contribution in [-0.2, 0) is 16.7 Å². The quantitative estimate of drug-likeness (QED) is 0.319. The van der Waals surface area contributed by atoms with Gasteiger partial charge in [0, 0.05) is 31.4 Å². The van der Waals surface area contributed by atoms with E-state index in [0.29, 0.717) is 36.8 Å². The summed E-state index contributed by atoms with van der Waals surface area (Å²) in [6, 6.07) is 2.53. The number of rotatable bonds is 9. The van der Waals surface area contributed by atoms with Crippen LogP contribution in [0.3, 0.4) is 0 Å². The summed E-state index contributed by atoms with van der Waals surface area (Å²) in [7, 11) is 1.60. The van der Waals surface area contributed by atoms with Gasteiger partial charge in [-0.15, -0.1) is 11.8 Å². The molecule has 184 valence electrons. The van der Waals surface area contributed by atoms with Crippen molar-refractivity contribution in [2.75, 3.05) is 20.3 Å². The third-order valence-corrected chi connectivity index (χ3v) is 7.58. The van der Waals surface area contributed by atoms with E-state index in [4.69, 9.17) is 15.2 Å². The van der Waals surface area contributed by atoms with Crippen LogP contribution in [0, 0.1) is 29.4 Å². The molecule has 10 heteroatoms. The van der Waals surface area contributed by atoms with Crippen molar-refractivity contribution in [2.45, 2.75) is 43.4 Å². The summed E-state index contributed by atoms with van der Waals surface area (Å²) in [5.74, 6) is 3.43. The number of thioether (sulfide) groups is 1. The highest BCUT2D eigenvalue weighted by Crippen LogP contribution is 2.66. The molecule has 2 aromatic rings. The lowest BCUT2D eigenvalue weighted by molar-refractivity contribution is 0.0987. The van der Waals surface area contributed by atoms with Crippen molar-refractivity contribution >= 4 is 22.7 Å². The van der Waals surface area contributed by atoms with Crippen molar-refractivity contribution in [3.8, 4) is 17.7 Å². The summed E-state index contributed by atoms with van der Waals surface area (Å²) in [5, 5.41) is 0.305. The number of carbonyl (C=O) groups is 1. The Morgan fingerprint density at radius 1 is 1.31 bits per heavy atom. The zero-order chi connectivity index (χ0) is 25.2. The number of ether oxygens (including phenoxy) is 2. The van der Waals surface area contributed by atoms with Gasteiger partial charge in [-0.2, -0.15) is 0 Å². The third-order valence-electron chi connectivity index (χ3n) is 6.31. The van der Waals surface area contributed by atoms with E-state index in [9.17, 15) is 9.18 Å². The van der Waals surface area contributed by atoms with E-state index in [1.165, 1.54) is 30.2 Å². The Balaban J connectivity index is 1.54. The molecule has 2 N–H and O–H groups in total. The van der Waals surface area contributed by atoms with Crippen LogP contribution < -0.4 is 10.5 Å². The Kier molecular flexibility index (Phi) is 7.10. The average molecular weight is 501 g/mol. The zero-order valence-electron chi connectivity index (χ0n) is 19.7. The van der Waals surface area contributed by atoms with Crippen molar-refractivity contribution in [3.63, 3.8) is 0 Å². The minimum absolute atomic E-state index is 0.0752. The maximum atomic E-state index is 15.0. The highest BCUT2D eigenvalue weighted by molar-refractivity contribution is 8.15. The van der Waals surface area contributed by atoms with Gasteiger partial charge in [0.05, 0.1) is 29.3 Å².